The highest BCUT2D eigenvalue weighted by atomic mass is 31.2. The lowest BCUT2D eigenvalue weighted by atomic mass is 10.1. The standard InChI is InChI=1S/C26H35N4O7P/c1-17(2)30(18(3)4)38(34-13-9-12-27)35-16-22-21(37-25(32)20-10-7-6-8-11-20)14-23(36-22)29-15-19(5)24(31)28-26(29)33/h6-8,10-11,15,17-18,21-23H,9,13-14,16H2,1-5H3,(H,28,31,33)/t21-,22+,23+,38?/m0/s1. The molecule has 0 bridgehead atoms. The maximum atomic E-state index is 12.9. The fraction of sp³-hybridized carbons (Fsp3) is 0.538. The van der Waals surface area contributed by atoms with E-state index in [1.54, 1.807) is 37.3 Å². The number of aryl methyl sites for hydroxylation is 1. The van der Waals surface area contributed by atoms with Crippen molar-refractivity contribution in [3.63, 3.8) is 0 Å². The number of carbonyl (C=O) groups is 1. The predicted molar refractivity (Wildman–Crippen MR) is 141 cm³/mol. The van der Waals surface area contributed by atoms with Gasteiger partial charge in [-0.3, -0.25) is 14.3 Å². The molecule has 0 radical (unpaired) electrons. The first-order valence-electron chi connectivity index (χ1n) is 12.6. The molecule has 2 heterocycles. The summed E-state index contributed by atoms with van der Waals surface area (Å²) in [5.74, 6) is -0.520. The van der Waals surface area contributed by atoms with E-state index < -0.39 is 44.2 Å². The molecule has 1 aliphatic heterocycles. The Bertz CT molecular complexity index is 1220. The fourth-order valence-electron chi connectivity index (χ4n) is 4.18. The van der Waals surface area contributed by atoms with Crippen molar-refractivity contribution >= 4 is 14.5 Å². The second-order valence-electron chi connectivity index (χ2n) is 9.50. The first-order valence-corrected chi connectivity index (χ1v) is 13.7. The second-order valence-corrected chi connectivity index (χ2v) is 10.9. The summed E-state index contributed by atoms with van der Waals surface area (Å²) in [4.78, 5) is 39.5. The van der Waals surface area contributed by atoms with Crippen LogP contribution in [-0.4, -0.2) is 57.7 Å². The maximum Gasteiger partial charge on any atom is 0.338 e. The molecule has 0 aliphatic carbocycles. The molecule has 12 heteroatoms. The van der Waals surface area contributed by atoms with Gasteiger partial charge < -0.3 is 18.5 Å². The van der Waals surface area contributed by atoms with E-state index in [1.165, 1.54) is 10.8 Å². The van der Waals surface area contributed by atoms with Crippen LogP contribution in [0.5, 0.6) is 0 Å². The number of hydrogen-bond acceptors (Lipinski definition) is 9. The van der Waals surface area contributed by atoms with Gasteiger partial charge in [-0.2, -0.15) is 5.26 Å². The van der Waals surface area contributed by atoms with E-state index in [0.717, 1.165) is 0 Å². The van der Waals surface area contributed by atoms with Crippen LogP contribution in [0.15, 0.2) is 46.1 Å². The smallest absolute Gasteiger partial charge is 0.338 e. The highest BCUT2D eigenvalue weighted by Crippen LogP contribution is 2.47. The molecule has 2 aromatic rings. The van der Waals surface area contributed by atoms with Crippen LogP contribution in [0, 0.1) is 18.3 Å². The van der Waals surface area contributed by atoms with Crippen molar-refractivity contribution in [1.82, 2.24) is 14.2 Å². The summed E-state index contributed by atoms with van der Waals surface area (Å²) in [6.45, 7) is 9.95. The van der Waals surface area contributed by atoms with Crippen molar-refractivity contribution in [2.24, 2.45) is 0 Å². The number of aromatic amines is 1. The summed E-state index contributed by atoms with van der Waals surface area (Å²) in [7, 11) is -1.55. The molecule has 1 saturated heterocycles. The molecule has 0 saturated carbocycles. The SMILES string of the molecule is Cc1cn([C@H]2C[C@H](OC(=O)c3ccccc3)[C@@H](COP(OCCC#N)N(C(C)C)C(C)C)O2)c(=O)[nH]c1=O. The van der Waals surface area contributed by atoms with Crippen LogP contribution in [0.4, 0.5) is 0 Å². The molecule has 0 amide bonds. The van der Waals surface area contributed by atoms with E-state index in [9.17, 15) is 14.4 Å². The molecule has 38 heavy (non-hydrogen) atoms. The largest absolute Gasteiger partial charge is 0.456 e. The normalized spacial score (nSPS) is 20.1. The van der Waals surface area contributed by atoms with Gasteiger partial charge in [0, 0.05) is 30.3 Å². The Morgan fingerprint density at radius 2 is 1.89 bits per heavy atom. The number of nitrogens with one attached hydrogen (secondary N) is 1. The van der Waals surface area contributed by atoms with Crippen molar-refractivity contribution in [3.05, 3.63) is 68.5 Å². The van der Waals surface area contributed by atoms with Gasteiger partial charge >= 0.3 is 11.7 Å². The van der Waals surface area contributed by atoms with E-state index in [-0.39, 0.29) is 38.1 Å². The molecule has 1 N–H and O–H groups in total. The van der Waals surface area contributed by atoms with Gasteiger partial charge in [-0.1, -0.05) is 18.2 Å². The lowest BCUT2D eigenvalue weighted by molar-refractivity contribution is -0.0497. The number of carbonyl (C=O) groups excluding carboxylic acids is 1. The van der Waals surface area contributed by atoms with Crippen molar-refractivity contribution < 1.29 is 23.3 Å². The molecule has 11 nitrogen and oxygen atoms in total. The molecule has 1 aromatic heterocycles. The maximum absolute atomic E-state index is 12.9. The summed E-state index contributed by atoms with van der Waals surface area (Å²) in [5, 5.41) is 8.95. The third kappa shape index (κ3) is 7.59. The number of benzene rings is 1. The molecule has 0 spiro atoms. The van der Waals surface area contributed by atoms with Crippen LogP contribution in [0.1, 0.15) is 62.7 Å². The lowest BCUT2D eigenvalue weighted by Gasteiger charge is -2.36. The number of H-pyrrole nitrogens is 1. The van der Waals surface area contributed by atoms with Gasteiger partial charge in [0.15, 0.2) is 0 Å². The second kappa shape index (κ2) is 13.8. The van der Waals surface area contributed by atoms with Crippen molar-refractivity contribution in [1.29, 1.82) is 5.26 Å². The number of esters is 1. The molecule has 206 valence electrons. The first kappa shape index (κ1) is 29.7. The molecule has 3 rings (SSSR count). The minimum atomic E-state index is -1.55. The van der Waals surface area contributed by atoms with Crippen molar-refractivity contribution in [2.75, 3.05) is 13.2 Å². The quantitative estimate of drug-likeness (QED) is 0.240. The summed E-state index contributed by atoms with van der Waals surface area (Å²) >= 11 is 0. The highest BCUT2D eigenvalue weighted by molar-refractivity contribution is 7.44. The highest BCUT2D eigenvalue weighted by Gasteiger charge is 2.41. The zero-order valence-corrected chi connectivity index (χ0v) is 23.2. The van der Waals surface area contributed by atoms with Gasteiger partial charge in [-0.25, -0.2) is 14.3 Å². The average Bonchev–Trinajstić information content (AvgIpc) is 3.26. The summed E-state index contributed by atoms with van der Waals surface area (Å²) in [5.41, 5.74) is -0.350. The van der Waals surface area contributed by atoms with Gasteiger partial charge in [0.1, 0.15) is 18.4 Å². The van der Waals surface area contributed by atoms with Crippen LogP contribution < -0.4 is 11.2 Å². The van der Waals surface area contributed by atoms with Gasteiger partial charge in [0.25, 0.3) is 14.1 Å². The Labute approximate surface area is 223 Å². The van der Waals surface area contributed by atoms with Gasteiger partial charge in [-0.15, -0.1) is 0 Å². The van der Waals surface area contributed by atoms with Gasteiger partial charge in [0.05, 0.1) is 31.3 Å². The van der Waals surface area contributed by atoms with Crippen LogP contribution in [-0.2, 0) is 18.5 Å². The number of rotatable bonds is 12. The molecule has 1 aromatic carbocycles. The zero-order valence-electron chi connectivity index (χ0n) is 22.3. The average molecular weight is 547 g/mol. The minimum absolute atomic E-state index is 0.0223. The van der Waals surface area contributed by atoms with Crippen LogP contribution in [0.25, 0.3) is 0 Å². The number of nitriles is 1. The van der Waals surface area contributed by atoms with E-state index in [4.69, 9.17) is 23.8 Å². The number of nitrogens with zero attached hydrogens (tertiary/aromatic N) is 3. The molecule has 1 unspecified atom stereocenters. The third-order valence-electron chi connectivity index (χ3n) is 5.92. The van der Waals surface area contributed by atoms with Crippen LogP contribution in [0.3, 0.4) is 0 Å². The topological polar surface area (TPSA) is 136 Å². The van der Waals surface area contributed by atoms with Crippen molar-refractivity contribution in [3.8, 4) is 6.07 Å². The summed E-state index contributed by atoms with van der Waals surface area (Å²) in [6.07, 6.45) is -0.379. The predicted octanol–water partition coefficient (Wildman–Crippen LogP) is 3.65. The minimum Gasteiger partial charge on any atom is -0.456 e. The monoisotopic (exact) mass is 546 g/mol. The van der Waals surface area contributed by atoms with Gasteiger partial charge in [-0.05, 0) is 46.8 Å². The summed E-state index contributed by atoms with van der Waals surface area (Å²) in [6, 6.07) is 10.9. The molecule has 4 atom stereocenters. The third-order valence-corrected chi connectivity index (χ3v) is 7.99. The number of hydrogen-bond donors (Lipinski definition) is 1. The van der Waals surface area contributed by atoms with Crippen LogP contribution >= 0.6 is 8.53 Å². The Morgan fingerprint density at radius 1 is 1.21 bits per heavy atom. The first-order chi connectivity index (χ1) is 18.1. The van der Waals surface area contributed by atoms with E-state index >= 15 is 0 Å². The molecule has 1 aliphatic rings. The van der Waals surface area contributed by atoms with E-state index in [0.29, 0.717) is 11.1 Å². The Morgan fingerprint density at radius 3 is 2.53 bits per heavy atom. The number of ether oxygens (including phenoxy) is 2. The van der Waals surface area contributed by atoms with E-state index in [1.807, 2.05) is 27.7 Å². The molecular formula is C26H35N4O7P. The Balaban J connectivity index is 1.84. The lowest BCUT2D eigenvalue weighted by Crippen LogP contribution is -2.36. The zero-order chi connectivity index (χ0) is 27.8. The Hall–Kier alpha value is -2.87. The number of aromatic nitrogens is 2. The van der Waals surface area contributed by atoms with Crippen molar-refractivity contribution in [2.45, 2.75) is 78.0 Å². The molecular weight excluding hydrogens is 511 g/mol. The molecule has 1 fully saturated rings. The van der Waals surface area contributed by atoms with Gasteiger partial charge in [0.2, 0.25) is 0 Å². The van der Waals surface area contributed by atoms with E-state index in [2.05, 4.69) is 15.7 Å². The fourth-order valence-corrected chi connectivity index (χ4v) is 5.79. The Kier molecular flexibility index (Phi) is 10.8. The summed E-state index contributed by atoms with van der Waals surface area (Å²) < 4.78 is 27.6. The van der Waals surface area contributed by atoms with Crippen LogP contribution in [0.2, 0.25) is 0 Å².